The minimum atomic E-state index is -1.10. The Morgan fingerprint density at radius 1 is 0.912 bits per heavy atom. The first-order chi connectivity index (χ1) is 15.9. The van der Waals surface area contributed by atoms with E-state index < -0.39 is 11.9 Å². The van der Waals surface area contributed by atoms with E-state index in [0.29, 0.717) is 5.56 Å². The molecule has 4 rings (SSSR count). The van der Waals surface area contributed by atoms with Crippen LogP contribution in [0.4, 0.5) is 5.69 Å². The summed E-state index contributed by atoms with van der Waals surface area (Å²) in [5, 5.41) is 19.6. The summed E-state index contributed by atoms with van der Waals surface area (Å²) >= 11 is 0. The smallest absolute Gasteiger partial charge is 0.336 e. The van der Waals surface area contributed by atoms with Crippen LogP contribution in [0.3, 0.4) is 0 Å². The summed E-state index contributed by atoms with van der Waals surface area (Å²) in [5.74, 6) is -2.19. The molecule has 0 spiro atoms. The van der Waals surface area contributed by atoms with Crippen LogP contribution in [0.1, 0.15) is 51.3 Å². The Morgan fingerprint density at radius 3 is 2.21 bits per heavy atom. The van der Waals surface area contributed by atoms with Gasteiger partial charge in [-0.25, -0.2) is 14.2 Å². The van der Waals surface area contributed by atoms with Gasteiger partial charge in [-0.1, -0.05) is 19.9 Å². The molecule has 0 fully saturated rings. The first-order valence-corrected chi connectivity index (χ1v) is 11.1. The van der Waals surface area contributed by atoms with E-state index in [2.05, 4.69) is 26.0 Å². The Kier molecular flexibility index (Phi) is 5.56. The number of hydrogen-bond donors (Lipinski definition) is 2. The lowest BCUT2D eigenvalue weighted by Gasteiger charge is -2.39. The molecule has 0 saturated heterocycles. The van der Waals surface area contributed by atoms with Crippen molar-refractivity contribution in [2.24, 2.45) is 0 Å². The van der Waals surface area contributed by atoms with Crippen LogP contribution in [-0.4, -0.2) is 60.6 Å². The molecule has 0 radical (unpaired) electrons. The fraction of sp³-hybridized carbons (Fsp3) is 0.250. The predicted molar refractivity (Wildman–Crippen MR) is 135 cm³/mol. The largest absolute Gasteiger partial charge is 0.478 e. The van der Waals surface area contributed by atoms with Gasteiger partial charge in [-0.15, -0.1) is 0 Å². The molecule has 0 atom stereocenters. The molecular weight excluding hydrogens is 428 g/mol. The van der Waals surface area contributed by atoms with Crippen molar-refractivity contribution in [2.75, 3.05) is 33.1 Å². The number of carboxylic acid groups (broad SMARTS) is 2. The van der Waals surface area contributed by atoms with Crippen molar-refractivity contribution in [3.8, 4) is 0 Å². The molecule has 2 aliphatic rings. The molecule has 0 saturated carbocycles. The first-order valence-electron chi connectivity index (χ1n) is 11.1. The Hall–Kier alpha value is -3.93. The molecular formula is C28H29N2O4+. The predicted octanol–water partition coefficient (Wildman–Crippen LogP) is 4.45. The molecule has 0 amide bonds. The lowest BCUT2D eigenvalue weighted by atomic mass is 9.64. The van der Waals surface area contributed by atoms with E-state index in [1.807, 2.05) is 62.0 Å². The third-order valence-electron chi connectivity index (χ3n) is 6.69. The van der Waals surface area contributed by atoms with Crippen molar-refractivity contribution in [3.63, 3.8) is 0 Å². The Labute approximate surface area is 199 Å². The van der Waals surface area contributed by atoms with E-state index in [1.54, 1.807) is 0 Å². The molecule has 2 aromatic carbocycles. The highest BCUT2D eigenvalue weighted by molar-refractivity contribution is 6.08. The van der Waals surface area contributed by atoms with E-state index in [9.17, 15) is 19.8 Å². The average Bonchev–Trinajstić information content (AvgIpc) is 2.78. The van der Waals surface area contributed by atoms with Crippen LogP contribution in [0.2, 0.25) is 0 Å². The molecule has 34 heavy (non-hydrogen) atoms. The maximum atomic E-state index is 12.2. The number of fused-ring (bicyclic) bond motifs is 2. The summed E-state index contributed by atoms with van der Waals surface area (Å²) in [7, 11) is 7.94. The fourth-order valence-corrected chi connectivity index (χ4v) is 4.74. The van der Waals surface area contributed by atoms with Crippen molar-refractivity contribution in [2.45, 2.75) is 19.3 Å². The number of benzene rings is 2. The summed E-state index contributed by atoms with van der Waals surface area (Å²) in [6.45, 7) is 4.35. The standard InChI is InChI=1S/C28H28N2O4/c1-28(2)23-14-17(29(3)4)8-11-20(23)25(21-12-9-18(30(5)6)15-24(21)28)22-13-16(26(31)32)7-10-19(22)27(33)34/h7-15H,1-6H3,(H-,31,32,33,34)/p+1. The van der Waals surface area contributed by atoms with Gasteiger partial charge < -0.3 is 15.1 Å². The van der Waals surface area contributed by atoms with Crippen LogP contribution in [0.5, 0.6) is 0 Å². The van der Waals surface area contributed by atoms with Gasteiger partial charge in [0.1, 0.15) is 14.1 Å². The third-order valence-corrected chi connectivity index (χ3v) is 6.69. The quantitative estimate of drug-likeness (QED) is 0.663. The van der Waals surface area contributed by atoms with Crippen LogP contribution >= 0.6 is 0 Å². The summed E-state index contributed by atoms with van der Waals surface area (Å²) < 4.78 is 2.04. The SMILES string of the molecule is CN(C)c1ccc2c(c1)C(C)(C)C1=CC(=[N+](C)C)C=CC1=C2c1cc(C(=O)O)ccc1C(=O)O. The maximum Gasteiger partial charge on any atom is 0.336 e. The van der Waals surface area contributed by atoms with Gasteiger partial charge in [0.2, 0.25) is 0 Å². The number of rotatable bonds is 4. The number of carbonyl (C=O) groups is 2. The van der Waals surface area contributed by atoms with Crippen molar-refractivity contribution < 1.29 is 24.4 Å². The van der Waals surface area contributed by atoms with E-state index in [4.69, 9.17) is 0 Å². The zero-order valence-electron chi connectivity index (χ0n) is 20.3. The monoisotopic (exact) mass is 457 g/mol. The highest BCUT2D eigenvalue weighted by Gasteiger charge is 2.39. The van der Waals surface area contributed by atoms with Gasteiger partial charge in [-0.05, 0) is 69.8 Å². The van der Waals surface area contributed by atoms with Crippen LogP contribution < -0.4 is 4.90 Å². The van der Waals surface area contributed by atoms with Crippen molar-refractivity contribution in [3.05, 3.63) is 93.6 Å². The lowest BCUT2D eigenvalue weighted by molar-refractivity contribution is -0.462. The van der Waals surface area contributed by atoms with Gasteiger partial charge in [0.05, 0.1) is 11.1 Å². The van der Waals surface area contributed by atoms with Crippen LogP contribution in [0, 0.1) is 0 Å². The fourth-order valence-electron chi connectivity index (χ4n) is 4.74. The normalized spacial score (nSPS) is 15.9. The minimum absolute atomic E-state index is 0.0512. The van der Waals surface area contributed by atoms with Crippen LogP contribution in [-0.2, 0) is 5.41 Å². The van der Waals surface area contributed by atoms with Crippen LogP contribution in [0.15, 0.2) is 65.8 Å². The molecule has 0 heterocycles. The van der Waals surface area contributed by atoms with E-state index in [0.717, 1.165) is 39.2 Å². The zero-order chi connectivity index (χ0) is 24.9. The molecule has 6 nitrogen and oxygen atoms in total. The Morgan fingerprint density at radius 2 is 1.62 bits per heavy atom. The molecule has 2 aromatic rings. The van der Waals surface area contributed by atoms with Gasteiger partial charge in [0.15, 0.2) is 5.71 Å². The molecule has 0 unspecified atom stereocenters. The van der Waals surface area contributed by atoms with Gasteiger partial charge in [-0.2, -0.15) is 0 Å². The summed E-state index contributed by atoms with van der Waals surface area (Å²) in [6.07, 6.45) is 6.17. The molecule has 0 aromatic heterocycles. The second-order valence-electron chi connectivity index (χ2n) is 9.62. The number of aromatic carboxylic acids is 2. The molecule has 6 heteroatoms. The van der Waals surface area contributed by atoms with Gasteiger partial charge >= 0.3 is 11.9 Å². The highest BCUT2D eigenvalue weighted by Crippen LogP contribution is 2.51. The van der Waals surface area contributed by atoms with Gasteiger partial charge in [0.25, 0.3) is 0 Å². The Bertz CT molecular complexity index is 1370. The summed E-state index contributed by atoms with van der Waals surface area (Å²) in [5.41, 5.74) is 6.92. The van der Waals surface area contributed by atoms with Crippen molar-refractivity contribution >= 4 is 28.9 Å². The zero-order valence-corrected chi connectivity index (χ0v) is 20.3. The molecule has 174 valence electrons. The van der Waals surface area contributed by atoms with Gasteiger partial charge in [-0.3, -0.25) is 0 Å². The summed E-state index contributed by atoms with van der Waals surface area (Å²) in [6, 6.07) is 10.4. The third kappa shape index (κ3) is 3.65. The molecule has 0 bridgehead atoms. The second kappa shape index (κ2) is 8.13. The summed E-state index contributed by atoms with van der Waals surface area (Å²) in [4.78, 5) is 26.0. The minimum Gasteiger partial charge on any atom is -0.478 e. The molecule has 2 aliphatic carbocycles. The number of anilines is 1. The average molecular weight is 458 g/mol. The van der Waals surface area contributed by atoms with Crippen LogP contribution in [0.25, 0.3) is 5.57 Å². The highest BCUT2D eigenvalue weighted by atomic mass is 16.4. The first kappa shape index (κ1) is 23.2. The number of carboxylic acids is 2. The number of allylic oxidation sites excluding steroid dienone is 5. The number of nitrogens with zero attached hydrogens (tertiary/aromatic N) is 2. The Balaban J connectivity index is 2.17. The lowest BCUT2D eigenvalue weighted by Crippen LogP contribution is -2.31. The van der Waals surface area contributed by atoms with E-state index in [-0.39, 0.29) is 16.5 Å². The van der Waals surface area contributed by atoms with Crippen molar-refractivity contribution in [1.29, 1.82) is 0 Å². The molecule has 2 N–H and O–H groups in total. The van der Waals surface area contributed by atoms with E-state index in [1.165, 1.54) is 18.2 Å². The molecule has 0 aliphatic heterocycles. The van der Waals surface area contributed by atoms with Gasteiger partial charge in [0, 0.05) is 37.3 Å². The van der Waals surface area contributed by atoms with E-state index >= 15 is 0 Å². The number of hydrogen-bond acceptors (Lipinski definition) is 3. The second-order valence-corrected chi connectivity index (χ2v) is 9.62. The maximum absolute atomic E-state index is 12.2. The topological polar surface area (TPSA) is 80.8 Å². The van der Waals surface area contributed by atoms with Crippen molar-refractivity contribution in [1.82, 2.24) is 0 Å².